The third kappa shape index (κ3) is 9.02. The highest BCUT2D eigenvalue weighted by Crippen LogP contribution is 2.32. The van der Waals surface area contributed by atoms with Crippen LogP contribution in [0.5, 0.6) is 5.75 Å². The van der Waals surface area contributed by atoms with Crippen molar-refractivity contribution < 1.29 is 39.0 Å². The van der Waals surface area contributed by atoms with Crippen LogP contribution in [-0.2, 0) is 32.2 Å². The van der Waals surface area contributed by atoms with Crippen LogP contribution in [0.2, 0.25) is 0 Å². The Bertz CT molecular complexity index is 902. The SMILES string of the molecule is CCC1(CC)OC[C@H](C[C@H](O)[C@H](O)[C@@H](COCc2ccc(OC)cc2)[C@@H](O)CCOCc2ccccc2)O1. The average molecular weight is 533 g/mol. The lowest BCUT2D eigenvalue weighted by atomic mass is 9.89. The molecular formula is C30H44O8. The first kappa shape index (κ1) is 30.5. The van der Waals surface area contributed by atoms with Crippen LogP contribution in [0.4, 0.5) is 0 Å². The molecule has 0 amide bonds. The summed E-state index contributed by atoms with van der Waals surface area (Å²) in [5, 5.41) is 33.0. The maximum atomic E-state index is 11.1. The van der Waals surface area contributed by atoms with E-state index in [0.29, 0.717) is 45.7 Å². The fourth-order valence-electron chi connectivity index (χ4n) is 4.70. The van der Waals surface area contributed by atoms with E-state index in [1.165, 1.54) is 0 Å². The number of aliphatic hydroxyl groups excluding tert-OH is 3. The Morgan fingerprint density at radius 1 is 0.895 bits per heavy atom. The second kappa shape index (κ2) is 15.5. The van der Waals surface area contributed by atoms with Crippen molar-refractivity contribution in [1.29, 1.82) is 0 Å². The summed E-state index contributed by atoms with van der Waals surface area (Å²) in [5.74, 6) is -0.594. The van der Waals surface area contributed by atoms with Gasteiger partial charge in [-0.3, -0.25) is 0 Å². The summed E-state index contributed by atoms with van der Waals surface area (Å²) in [6.45, 7) is 5.48. The zero-order valence-corrected chi connectivity index (χ0v) is 22.8. The molecular weight excluding hydrogens is 488 g/mol. The van der Waals surface area contributed by atoms with Crippen LogP contribution in [0.3, 0.4) is 0 Å². The van der Waals surface area contributed by atoms with Gasteiger partial charge in [0.05, 0.1) is 58.0 Å². The quantitative estimate of drug-likeness (QED) is 0.264. The minimum absolute atomic E-state index is 0.0694. The predicted octanol–water partition coefficient (Wildman–Crippen LogP) is 3.84. The van der Waals surface area contributed by atoms with Crippen molar-refractivity contribution in [2.24, 2.45) is 5.92 Å². The summed E-state index contributed by atoms with van der Waals surface area (Å²) in [6, 6.07) is 17.3. The van der Waals surface area contributed by atoms with E-state index >= 15 is 0 Å². The van der Waals surface area contributed by atoms with E-state index in [4.69, 9.17) is 23.7 Å². The van der Waals surface area contributed by atoms with Gasteiger partial charge < -0.3 is 39.0 Å². The van der Waals surface area contributed by atoms with Gasteiger partial charge >= 0.3 is 0 Å². The number of benzene rings is 2. The fourth-order valence-corrected chi connectivity index (χ4v) is 4.70. The Hall–Kier alpha value is -2.04. The minimum Gasteiger partial charge on any atom is -0.497 e. The first-order valence-corrected chi connectivity index (χ1v) is 13.6. The third-order valence-electron chi connectivity index (χ3n) is 7.23. The third-order valence-corrected chi connectivity index (χ3v) is 7.23. The highest BCUT2D eigenvalue weighted by molar-refractivity contribution is 5.26. The molecule has 8 heteroatoms. The van der Waals surface area contributed by atoms with Gasteiger partial charge in [0.2, 0.25) is 0 Å². The Balaban J connectivity index is 1.56. The summed E-state index contributed by atoms with van der Waals surface area (Å²) in [4.78, 5) is 0. The summed E-state index contributed by atoms with van der Waals surface area (Å²) in [6.07, 6.45) is -1.66. The summed E-state index contributed by atoms with van der Waals surface area (Å²) >= 11 is 0. The number of aliphatic hydroxyl groups is 3. The zero-order chi connectivity index (χ0) is 27.4. The molecule has 3 rings (SSSR count). The maximum absolute atomic E-state index is 11.1. The van der Waals surface area contributed by atoms with Gasteiger partial charge in [-0.25, -0.2) is 0 Å². The largest absolute Gasteiger partial charge is 0.497 e. The molecule has 0 spiro atoms. The number of hydrogen-bond acceptors (Lipinski definition) is 8. The number of rotatable bonds is 17. The van der Waals surface area contributed by atoms with Crippen LogP contribution < -0.4 is 4.74 Å². The smallest absolute Gasteiger partial charge is 0.168 e. The van der Waals surface area contributed by atoms with E-state index in [1.54, 1.807) is 7.11 Å². The van der Waals surface area contributed by atoms with Gasteiger partial charge in [0.25, 0.3) is 0 Å². The van der Waals surface area contributed by atoms with Crippen LogP contribution in [0.1, 0.15) is 50.7 Å². The van der Waals surface area contributed by atoms with Crippen LogP contribution in [0, 0.1) is 5.92 Å². The molecule has 2 aromatic rings. The molecule has 1 heterocycles. The summed E-state index contributed by atoms with van der Waals surface area (Å²) < 4.78 is 28.8. The summed E-state index contributed by atoms with van der Waals surface area (Å²) in [5.41, 5.74) is 1.98. The molecule has 0 aliphatic carbocycles. The van der Waals surface area contributed by atoms with Crippen molar-refractivity contribution in [1.82, 2.24) is 0 Å². The molecule has 1 aliphatic heterocycles. The predicted molar refractivity (Wildman–Crippen MR) is 144 cm³/mol. The van der Waals surface area contributed by atoms with E-state index < -0.39 is 30.0 Å². The van der Waals surface area contributed by atoms with Crippen molar-refractivity contribution in [3.8, 4) is 5.75 Å². The second-order valence-corrected chi connectivity index (χ2v) is 9.88. The topological polar surface area (TPSA) is 107 Å². The highest BCUT2D eigenvalue weighted by atomic mass is 16.7. The first-order chi connectivity index (χ1) is 18.4. The highest BCUT2D eigenvalue weighted by Gasteiger charge is 2.41. The molecule has 8 nitrogen and oxygen atoms in total. The van der Waals surface area contributed by atoms with Crippen molar-refractivity contribution >= 4 is 0 Å². The maximum Gasteiger partial charge on any atom is 0.168 e. The molecule has 1 aliphatic rings. The van der Waals surface area contributed by atoms with Crippen LogP contribution >= 0.6 is 0 Å². The lowest BCUT2D eigenvalue weighted by Crippen LogP contribution is -2.44. The lowest BCUT2D eigenvalue weighted by molar-refractivity contribution is -0.177. The van der Waals surface area contributed by atoms with Crippen molar-refractivity contribution in [2.75, 3.05) is 26.9 Å². The Labute approximate surface area is 226 Å². The molecule has 2 aromatic carbocycles. The fraction of sp³-hybridized carbons (Fsp3) is 0.600. The van der Waals surface area contributed by atoms with Gasteiger partial charge in [0, 0.05) is 18.9 Å². The van der Waals surface area contributed by atoms with Gasteiger partial charge in [0.15, 0.2) is 5.79 Å². The van der Waals surface area contributed by atoms with Crippen LogP contribution in [-0.4, -0.2) is 72.5 Å². The van der Waals surface area contributed by atoms with Crippen LogP contribution in [0.15, 0.2) is 54.6 Å². The monoisotopic (exact) mass is 532 g/mol. The van der Waals surface area contributed by atoms with Crippen molar-refractivity contribution in [2.45, 2.75) is 82.9 Å². The molecule has 1 fully saturated rings. The van der Waals surface area contributed by atoms with Crippen molar-refractivity contribution in [3.05, 3.63) is 65.7 Å². The van der Waals surface area contributed by atoms with Crippen LogP contribution in [0.25, 0.3) is 0 Å². The number of hydrogen-bond donors (Lipinski definition) is 3. The average Bonchev–Trinajstić information content (AvgIpc) is 3.37. The van der Waals surface area contributed by atoms with Gasteiger partial charge in [-0.05, 0) is 42.5 Å². The van der Waals surface area contributed by atoms with E-state index in [1.807, 2.05) is 68.4 Å². The number of ether oxygens (including phenoxy) is 5. The van der Waals surface area contributed by atoms with Gasteiger partial charge in [-0.2, -0.15) is 0 Å². The van der Waals surface area contributed by atoms with Crippen molar-refractivity contribution in [3.63, 3.8) is 0 Å². The molecule has 5 atom stereocenters. The van der Waals surface area contributed by atoms with Gasteiger partial charge in [-0.1, -0.05) is 56.3 Å². The number of methoxy groups -OCH3 is 1. The molecule has 38 heavy (non-hydrogen) atoms. The minimum atomic E-state index is -1.21. The lowest BCUT2D eigenvalue weighted by Gasteiger charge is -2.31. The molecule has 0 unspecified atom stereocenters. The molecule has 0 aromatic heterocycles. The molecule has 0 bridgehead atoms. The van der Waals surface area contributed by atoms with Gasteiger partial charge in [0.1, 0.15) is 5.75 Å². The Morgan fingerprint density at radius 2 is 1.55 bits per heavy atom. The first-order valence-electron chi connectivity index (χ1n) is 13.6. The van der Waals surface area contributed by atoms with E-state index in [0.717, 1.165) is 16.9 Å². The molecule has 0 radical (unpaired) electrons. The van der Waals surface area contributed by atoms with Gasteiger partial charge in [-0.15, -0.1) is 0 Å². The standard InChI is InChI=1S/C30H44O8/c1-4-30(5-2)37-20-25(38-30)17-28(32)29(33)26(21-36-19-23-11-13-24(34-3)14-12-23)27(31)15-16-35-18-22-9-7-6-8-10-22/h6-14,25-29,31-33H,4-5,15-21H2,1-3H3/t25-,26-,27-,28-,29+/m0/s1. The Kier molecular flexibility index (Phi) is 12.5. The molecule has 1 saturated heterocycles. The van der Waals surface area contributed by atoms with E-state index in [9.17, 15) is 15.3 Å². The van der Waals surface area contributed by atoms with E-state index in [-0.39, 0.29) is 19.1 Å². The van der Waals surface area contributed by atoms with E-state index in [2.05, 4.69) is 0 Å². The Morgan fingerprint density at radius 3 is 2.18 bits per heavy atom. The molecule has 3 N–H and O–H groups in total. The zero-order valence-electron chi connectivity index (χ0n) is 22.8. The summed E-state index contributed by atoms with van der Waals surface area (Å²) in [7, 11) is 1.61. The molecule has 0 saturated carbocycles. The second-order valence-electron chi connectivity index (χ2n) is 9.88. The normalized spacial score (nSPS) is 20.1. The molecule has 212 valence electrons.